The van der Waals surface area contributed by atoms with Gasteiger partial charge in [0.15, 0.2) is 5.13 Å². The average Bonchev–Trinajstić information content (AvgIpc) is 2.66. The molecule has 0 aromatic carbocycles. The minimum Gasteiger partial charge on any atom is -0.375 e. The molecule has 3 fully saturated rings. The summed E-state index contributed by atoms with van der Waals surface area (Å²) in [6.07, 6.45) is 2.70. The Labute approximate surface area is 112 Å². The van der Waals surface area contributed by atoms with Gasteiger partial charge in [0.25, 0.3) is 0 Å². The number of halogens is 2. The smallest absolute Gasteiger partial charge is 0.180 e. The van der Waals surface area contributed by atoms with Crippen molar-refractivity contribution in [2.75, 3.05) is 25.4 Å². The molecule has 1 aromatic heterocycles. The van der Waals surface area contributed by atoms with Gasteiger partial charge in [0.1, 0.15) is 0 Å². The second-order valence-electron chi connectivity index (χ2n) is 4.36. The molecule has 0 saturated carbocycles. The first-order chi connectivity index (χ1) is 6.83. The van der Waals surface area contributed by atoms with Crippen molar-refractivity contribution in [1.82, 2.24) is 9.88 Å². The Balaban J connectivity index is 0.000000640. The molecule has 4 heterocycles. The van der Waals surface area contributed by atoms with E-state index in [-0.39, 0.29) is 24.8 Å². The first kappa shape index (κ1) is 14.0. The molecule has 3 aliphatic heterocycles. The van der Waals surface area contributed by atoms with Crippen LogP contribution in [0.1, 0.15) is 24.5 Å². The van der Waals surface area contributed by atoms with Gasteiger partial charge < -0.3 is 10.6 Å². The number of rotatable bonds is 1. The molecule has 3 aliphatic rings. The Morgan fingerprint density at radius 3 is 2.44 bits per heavy atom. The van der Waals surface area contributed by atoms with Gasteiger partial charge in [-0.1, -0.05) is 0 Å². The topological polar surface area (TPSA) is 42.1 Å². The number of aromatic nitrogens is 1. The highest BCUT2D eigenvalue weighted by Crippen LogP contribution is 2.39. The van der Waals surface area contributed by atoms with Crippen molar-refractivity contribution in [3.63, 3.8) is 0 Å². The minimum absolute atomic E-state index is 0. The number of nitrogen functional groups attached to an aromatic ring is 1. The third kappa shape index (κ3) is 2.45. The van der Waals surface area contributed by atoms with E-state index in [0.717, 1.165) is 11.0 Å². The molecule has 6 heteroatoms. The van der Waals surface area contributed by atoms with Gasteiger partial charge in [0.2, 0.25) is 0 Å². The molecular weight excluding hydrogens is 265 g/mol. The van der Waals surface area contributed by atoms with Crippen LogP contribution in [0.5, 0.6) is 0 Å². The first-order valence-corrected chi connectivity index (χ1v) is 6.14. The van der Waals surface area contributed by atoms with Gasteiger partial charge in [-0.2, -0.15) is 0 Å². The molecule has 2 N–H and O–H groups in total. The molecule has 3 nitrogen and oxygen atoms in total. The Morgan fingerprint density at radius 2 is 2.00 bits per heavy atom. The molecular formula is C10H17Cl2N3S. The lowest BCUT2D eigenvalue weighted by molar-refractivity contribution is 0.0857. The fourth-order valence-electron chi connectivity index (χ4n) is 2.77. The maximum Gasteiger partial charge on any atom is 0.180 e. The van der Waals surface area contributed by atoms with Crippen molar-refractivity contribution in [1.29, 1.82) is 0 Å². The lowest BCUT2D eigenvalue weighted by atomic mass is 9.78. The van der Waals surface area contributed by atoms with E-state index >= 15 is 0 Å². The van der Waals surface area contributed by atoms with E-state index in [9.17, 15) is 0 Å². The zero-order chi connectivity index (χ0) is 9.54. The summed E-state index contributed by atoms with van der Waals surface area (Å²) in [5.74, 6) is 1.52. The van der Waals surface area contributed by atoms with Crippen LogP contribution in [-0.4, -0.2) is 29.5 Å². The third-order valence-corrected chi connectivity index (χ3v) is 4.27. The van der Waals surface area contributed by atoms with Crippen molar-refractivity contribution >= 4 is 41.3 Å². The molecule has 0 radical (unpaired) electrons. The molecule has 1 atom stereocenters. The van der Waals surface area contributed by atoms with Crippen LogP contribution in [0.25, 0.3) is 0 Å². The summed E-state index contributed by atoms with van der Waals surface area (Å²) < 4.78 is 0. The highest BCUT2D eigenvalue weighted by atomic mass is 35.5. The Hall–Kier alpha value is -0.0300. The number of hydrogen-bond acceptors (Lipinski definition) is 4. The van der Waals surface area contributed by atoms with E-state index in [2.05, 4.69) is 15.3 Å². The number of nitrogens with two attached hydrogens (primary N) is 1. The van der Waals surface area contributed by atoms with E-state index in [4.69, 9.17) is 5.73 Å². The molecule has 3 saturated heterocycles. The summed E-state index contributed by atoms with van der Waals surface area (Å²) in [6, 6.07) is 0. The van der Waals surface area contributed by atoms with Gasteiger partial charge in [0, 0.05) is 17.8 Å². The summed E-state index contributed by atoms with van der Waals surface area (Å²) in [5, 5.41) is 2.86. The van der Waals surface area contributed by atoms with Crippen LogP contribution in [0.2, 0.25) is 0 Å². The van der Waals surface area contributed by atoms with Gasteiger partial charge in [-0.15, -0.1) is 36.2 Å². The summed E-state index contributed by atoms with van der Waals surface area (Å²) in [5.41, 5.74) is 6.92. The SMILES string of the molecule is Cl.Cl.Nc1nc(C2CN3CCC2CC3)cs1. The Kier molecular flexibility index (Phi) is 4.86. The molecule has 1 aromatic rings. The molecule has 92 valence electrons. The number of thiazole rings is 1. The lowest BCUT2D eigenvalue weighted by Gasteiger charge is -2.44. The predicted octanol–water partition coefficient (Wildman–Crippen LogP) is 2.38. The molecule has 16 heavy (non-hydrogen) atoms. The zero-order valence-corrected chi connectivity index (χ0v) is 11.4. The Morgan fingerprint density at radius 1 is 1.31 bits per heavy atom. The highest BCUT2D eigenvalue weighted by Gasteiger charge is 2.35. The van der Waals surface area contributed by atoms with Crippen LogP contribution in [0.4, 0.5) is 5.13 Å². The van der Waals surface area contributed by atoms with Gasteiger partial charge in [-0.3, -0.25) is 0 Å². The quantitative estimate of drug-likeness (QED) is 0.860. The summed E-state index contributed by atoms with van der Waals surface area (Å²) in [6.45, 7) is 3.79. The fourth-order valence-corrected chi connectivity index (χ4v) is 3.40. The van der Waals surface area contributed by atoms with E-state index < -0.39 is 0 Å². The predicted molar refractivity (Wildman–Crippen MR) is 72.9 cm³/mol. The second kappa shape index (κ2) is 5.54. The number of piperidine rings is 3. The number of nitrogens with zero attached hydrogens (tertiary/aromatic N) is 2. The average molecular weight is 282 g/mol. The minimum atomic E-state index is 0. The molecule has 0 aliphatic carbocycles. The summed E-state index contributed by atoms with van der Waals surface area (Å²) in [4.78, 5) is 6.98. The maximum atomic E-state index is 5.68. The van der Waals surface area contributed by atoms with Crippen molar-refractivity contribution in [2.45, 2.75) is 18.8 Å². The number of anilines is 1. The molecule has 4 rings (SSSR count). The molecule has 0 amide bonds. The van der Waals surface area contributed by atoms with Crippen molar-refractivity contribution in [2.24, 2.45) is 5.92 Å². The normalized spacial score (nSPS) is 31.6. The Bertz CT molecular complexity index is 337. The lowest BCUT2D eigenvalue weighted by Crippen LogP contribution is -2.46. The van der Waals surface area contributed by atoms with Crippen molar-refractivity contribution < 1.29 is 0 Å². The second-order valence-corrected chi connectivity index (χ2v) is 5.24. The van der Waals surface area contributed by atoms with Crippen LogP contribution in [0, 0.1) is 5.92 Å². The van der Waals surface area contributed by atoms with Crippen LogP contribution < -0.4 is 5.73 Å². The van der Waals surface area contributed by atoms with Gasteiger partial charge in [0.05, 0.1) is 5.69 Å². The monoisotopic (exact) mass is 281 g/mol. The van der Waals surface area contributed by atoms with Crippen LogP contribution in [-0.2, 0) is 0 Å². The van der Waals surface area contributed by atoms with Crippen LogP contribution in [0.3, 0.4) is 0 Å². The van der Waals surface area contributed by atoms with E-state index in [0.29, 0.717) is 5.92 Å². The maximum absolute atomic E-state index is 5.68. The van der Waals surface area contributed by atoms with E-state index in [1.54, 1.807) is 11.3 Å². The van der Waals surface area contributed by atoms with Crippen molar-refractivity contribution in [3.8, 4) is 0 Å². The molecule has 0 spiro atoms. The highest BCUT2D eigenvalue weighted by molar-refractivity contribution is 7.13. The summed E-state index contributed by atoms with van der Waals surface area (Å²) in [7, 11) is 0. The van der Waals surface area contributed by atoms with Crippen molar-refractivity contribution in [3.05, 3.63) is 11.1 Å². The van der Waals surface area contributed by atoms with Gasteiger partial charge in [-0.25, -0.2) is 4.98 Å². The zero-order valence-electron chi connectivity index (χ0n) is 8.96. The van der Waals surface area contributed by atoms with Gasteiger partial charge >= 0.3 is 0 Å². The standard InChI is InChI=1S/C10H15N3S.2ClH/c11-10-12-9(6-14-10)8-5-13-3-1-7(8)2-4-13;;/h6-8H,1-5H2,(H2,11,12);2*1H. The number of hydrogen-bond donors (Lipinski definition) is 1. The first-order valence-electron chi connectivity index (χ1n) is 5.26. The van der Waals surface area contributed by atoms with Crippen LogP contribution in [0.15, 0.2) is 5.38 Å². The summed E-state index contributed by atoms with van der Waals surface area (Å²) >= 11 is 1.57. The van der Waals surface area contributed by atoms with E-state index in [1.165, 1.54) is 38.2 Å². The number of fused-ring (bicyclic) bond motifs is 3. The third-order valence-electron chi connectivity index (χ3n) is 3.58. The van der Waals surface area contributed by atoms with Crippen LogP contribution >= 0.6 is 36.2 Å². The fraction of sp³-hybridized carbons (Fsp3) is 0.700. The molecule has 2 bridgehead atoms. The van der Waals surface area contributed by atoms with Gasteiger partial charge in [-0.05, 0) is 31.8 Å². The molecule has 1 unspecified atom stereocenters. The van der Waals surface area contributed by atoms with E-state index in [1.807, 2.05) is 0 Å². The largest absolute Gasteiger partial charge is 0.375 e.